The number of hydrogen-bond donors (Lipinski definition) is 2. The van der Waals surface area contributed by atoms with Crippen molar-refractivity contribution < 1.29 is 37.5 Å². The smallest absolute Gasteiger partial charge is 0.373 e. The molecule has 2 N–H and O–H groups in total. The molecule has 1 fully saturated rings. The van der Waals surface area contributed by atoms with E-state index in [2.05, 4.69) is 15.4 Å². The van der Waals surface area contributed by atoms with E-state index in [0.29, 0.717) is 16.3 Å². The molecule has 10 nitrogen and oxygen atoms in total. The number of nitrogens with zero attached hydrogens (tertiary/aromatic N) is 1. The lowest BCUT2D eigenvalue weighted by atomic mass is 10.1. The average molecular weight is 528 g/mol. The van der Waals surface area contributed by atoms with Gasteiger partial charge in [0.05, 0.1) is 13.7 Å². The Morgan fingerprint density at radius 1 is 1.14 bits per heavy atom. The topological polar surface area (TPSA) is 127 Å². The first-order valence-electron chi connectivity index (χ1n) is 10.7. The number of amides is 4. The van der Waals surface area contributed by atoms with Gasteiger partial charge in [-0.15, -0.1) is 0 Å². The van der Waals surface area contributed by atoms with Crippen LogP contribution in [0.2, 0.25) is 5.02 Å². The Bertz CT molecular complexity index is 1400. The fourth-order valence-corrected chi connectivity index (χ4v) is 3.52. The number of anilines is 1. The van der Waals surface area contributed by atoms with Gasteiger partial charge in [0.1, 0.15) is 23.0 Å². The fourth-order valence-electron chi connectivity index (χ4n) is 3.34. The molecule has 1 aliphatic rings. The van der Waals surface area contributed by atoms with E-state index in [1.54, 1.807) is 0 Å². The van der Waals surface area contributed by atoms with Crippen molar-refractivity contribution in [3.05, 3.63) is 88.2 Å². The summed E-state index contributed by atoms with van der Waals surface area (Å²) in [5.41, 5.74) is 0.661. The minimum absolute atomic E-state index is 0.0624. The molecule has 2 heterocycles. The summed E-state index contributed by atoms with van der Waals surface area (Å²) in [5, 5.41) is 5.37. The summed E-state index contributed by atoms with van der Waals surface area (Å²) in [6.45, 7) is -0.607. The highest BCUT2D eigenvalue weighted by Crippen LogP contribution is 2.27. The first-order valence-corrected chi connectivity index (χ1v) is 11.1. The van der Waals surface area contributed by atoms with Crippen molar-refractivity contribution >= 4 is 47.2 Å². The second-order valence-electron chi connectivity index (χ2n) is 7.66. The predicted molar refractivity (Wildman–Crippen MR) is 129 cm³/mol. The maximum atomic E-state index is 13.0. The summed E-state index contributed by atoms with van der Waals surface area (Å²) in [4.78, 5) is 50.0. The van der Waals surface area contributed by atoms with Crippen molar-refractivity contribution in [2.24, 2.45) is 0 Å². The van der Waals surface area contributed by atoms with Gasteiger partial charge in [-0.1, -0.05) is 11.6 Å². The summed E-state index contributed by atoms with van der Waals surface area (Å²) in [6.07, 6.45) is 1.36. The number of nitrogens with one attached hydrogen (secondary N) is 2. The van der Waals surface area contributed by atoms with E-state index in [-0.39, 0.29) is 36.1 Å². The Labute approximate surface area is 214 Å². The van der Waals surface area contributed by atoms with E-state index in [4.69, 9.17) is 20.8 Å². The zero-order chi connectivity index (χ0) is 26.5. The van der Waals surface area contributed by atoms with Crippen molar-refractivity contribution in [1.29, 1.82) is 0 Å². The van der Waals surface area contributed by atoms with Gasteiger partial charge >= 0.3 is 12.0 Å². The maximum Gasteiger partial charge on any atom is 0.373 e. The van der Waals surface area contributed by atoms with E-state index >= 15 is 0 Å². The molecule has 1 saturated heterocycles. The fraction of sp³-hybridized carbons (Fsp3) is 0.120. The quantitative estimate of drug-likeness (QED) is 0.258. The van der Waals surface area contributed by atoms with Gasteiger partial charge in [0.25, 0.3) is 11.8 Å². The van der Waals surface area contributed by atoms with Crippen LogP contribution in [0, 0.1) is 5.82 Å². The lowest BCUT2D eigenvalue weighted by molar-refractivity contribution is -0.123. The second-order valence-corrected chi connectivity index (χ2v) is 8.10. The Morgan fingerprint density at radius 2 is 1.89 bits per heavy atom. The number of urea groups is 1. The highest BCUT2D eigenvalue weighted by molar-refractivity contribution is 6.30. The lowest BCUT2D eigenvalue weighted by Crippen LogP contribution is -2.30. The molecule has 0 aliphatic carbocycles. The summed E-state index contributed by atoms with van der Waals surface area (Å²) in [6, 6.07) is 11.9. The van der Waals surface area contributed by atoms with E-state index in [9.17, 15) is 23.6 Å². The molecule has 3 aromatic rings. The number of esters is 1. The molecular formula is C25H19ClFN3O7. The number of halogens is 2. The first-order chi connectivity index (χ1) is 17.7. The van der Waals surface area contributed by atoms with Crippen molar-refractivity contribution in [3.8, 4) is 5.75 Å². The molecule has 0 spiro atoms. The highest BCUT2D eigenvalue weighted by Gasteiger charge is 2.34. The SMILES string of the molecule is COC(=O)c1ccc(CN2C(=O)N/C(=C\c3cc(Cl)ccc3OCC(=O)Nc3ccc(F)cc3)C2=O)o1. The molecule has 0 atom stereocenters. The van der Waals surface area contributed by atoms with Gasteiger partial charge in [0, 0.05) is 16.3 Å². The van der Waals surface area contributed by atoms with Gasteiger partial charge in [-0.2, -0.15) is 0 Å². The zero-order valence-corrected chi connectivity index (χ0v) is 20.0. The van der Waals surface area contributed by atoms with Crippen LogP contribution in [0.1, 0.15) is 21.9 Å². The highest BCUT2D eigenvalue weighted by atomic mass is 35.5. The van der Waals surface area contributed by atoms with Crippen molar-refractivity contribution in [2.75, 3.05) is 19.0 Å². The summed E-state index contributed by atoms with van der Waals surface area (Å²) in [7, 11) is 1.20. The number of benzene rings is 2. The van der Waals surface area contributed by atoms with Crippen LogP contribution < -0.4 is 15.4 Å². The number of furan rings is 1. The number of hydrogen-bond acceptors (Lipinski definition) is 7. The van der Waals surface area contributed by atoms with E-state index < -0.39 is 29.6 Å². The Balaban J connectivity index is 1.46. The van der Waals surface area contributed by atoms with Crippen LogP contribution in [0.25, 0.3) is 6.08 Å². The third-order valence-electron chi connectivity index (χ3n) is 5.08. The Morgan fingerprint density at radius 3 is 2.62 bits per heavy atom. The normalized spacial score (nSPS) is 14.0. The van der Waals surface area contributed by atoms with E-state index in [1.807, 2.05) is 0 Å². The molecule has 2 aromatic carbocycles. The lowest BCUT2D eigenvalue weighted by Gasteiger charge is -2.11. The summed E-state index contributed by atoms with van der Waals surface area (Å²) >= 11 is 6.10. The largest absolute Gasteiger partial charge is 0.483 e. The second kappa shape index (κ2) is 11.0. The molecule has 1 aliphatic heterocycles. The van der Waals surface area contributed by atoms with E-state index in [0.717, 1.165) is 4.90 Å². The minimum atomic E-state index is -0.699. The maximum absolute atomic E-state index is 13.0. The molecule has 4 rings (SSSR count). The zero-order valence-electron chi connectivity index (χ0n) is 19.2. The number of carbonyl (C=O) groups excluding carboxylic acids is 4. The van der Waals surface area contributed by atoms with Crippen molar-refractivity contribution in [3.63, 3.8) is 0 Å². The number of imide groups is 1. The standard InChI is InChI=1S/C25H19ClFN3O7/c1-35-24(33)21-9-7-18(37-21)12-30-23(32)19(29-25(30)34)11-14-10-15(26)2-8-20(14)36-13-22(31)28-17-5-3-16(27)4-6-17/h2-11H,12-13H2,1H3,(H,28,31)(H,29,34)/b19-11-. The van der Waals surface area contributed by atoms with Gasteiger partial charge < -0.3 is 24.5 Å². The van der Waals surface area contributed by atoms with Gasteiger partial charge in [-0.25, -0.2) is 14.0 Å². The van der Waals surface area contributed by atoms with Crippen LogP contribution in [-0.4, -0.2) is 42.4 Å². The van der Waals surface area contributed by atoms with Gasteiger partial charge in [0.15, 0.2) is 6.61 Å². The molecular weight excluding hydrogens is 509 g/mol. The van der Waals surface area contributed by atoms with Gasteiger partial charge in [-0.3, -0.25) is 14.5 Å². The number of rotatable bonds is 8. The van der Waals surface area contributed by atoms with Crippen molar-refractivity contribution in [1.82, 2.24) is 10.2 Å². The molecule has 4 amide bonds. The Hall–Kier alpha value is -4.64. The van der Waals surface area contributed by atoms with Crippen LogP contribution in [0.15, 0.2) is 64.7 Å². The average Bonchev–Trinajstić information content (AvgIpc) is 3.45. The predicted octanol–water partition coefficient (Wildman–Crippen LogP) is 3.97. The summed E-state index contributed by atoms with van der Waals surface area (Å²) < 4.78 is 28.5. The third-order valence-corrected chi connectivity index (χ3v) is 5.32. The van der Waals surface area contributed by atoms with E-state index in [1.165, 1.54) is 67.8 Å². The molecule has 0 saturated carbocycles. The molecule has 0 unspecified atom stereocenters. The molecule has 0 radical (unpaired) electrons. The number of methoxy groups -OCH3 is 1. The van der Waals surface area contributed by atoms with Crippen LogP contribution in [-0.2, 0) is 20.9 Å². The van der Waals surface area contributed by atoms with Crippen molar-refractivity contribution in [2.45, 2.75) is 6.54 Å². The number of ether oxygens (including phenoxy) is 2. The van der Waals surface area contributed by atoms with Crippen LogP contribution in [0.3, 0.4) is 0 Å². The number of carbonyl (C=O) groups is 4. The summed E-state index contributed by atoms with van der Waals surface area (Å²) in [5.74, 6) is -1.92. The molecule has 0 bridgehead atoms. The van der Waals surface area contributed by atoms with Gasteiger partial charge in [-0.05, 0) is 60.7 Å². The van der Waals surface area contributed by atoms with Crippen LogP contribution in [0.5, 0.6) is 5.75 Å². The van der Waals surface area contributed by atoms with Crippen LogP contribution >= 0.6 is 11.6 Å². The molecule has 190 valence electrons. The monoisotopic (exact) mass is 527 g/mol. The molecule has 1 aromatic heterocycles. The van der Waals surface area contributed by atoms with Crippen LogP contribution in [0.4, 0.5) is 14.9 Å². The Kier molecular flexibility index (Phi) is 7.54. The van der Waals surface area contributed by atoms with Gasteiger partial charge in [0.2, 0.25) is 5.76 Å². The third kappa shape index (κ3) is 6.14. The first kappa shape index (κ1) is 25.5. The molecule has 12 heteroatoms. The molecule has 37 heavy (non-hydrogen) atoms. The minimum Gasteiger partial charge on any atom is -0.483 e.